The van der Waals surface area contributed by atoms with E-state index >= 15 is 0 Å². The third kappa shape index (κ3) is 3.35. The molecule has 0 spiro atoms. The van der Waals surface area contributed by atoms with Crippen molar-refractivity contribution in [3.63, 3.8) is 0 Å². The van der Waals surface area contributed by atoms with Gasteiger partial charge in [0.2, 0.25) is 11.8 Å². The largest absolute Gasteiger partial charge is 0.365 e. The molecule has 2 heterocycles. The third-order valence-corrected chi connectivity index (χ3v) is 6.10. The molecule has 148 valence electrons. The Hall–Kier alpha value is -2.93. The van der Waals surface area contributed by atoms with Gasteiger partial charge < -0.3 is 10.4 Å². The highest BCUT2D eigenvalue weighted by Crippen LogP contribution is 2.50. The summed E-state index contributed by atoms with van der Waals surface area (Å²) >= 11 is 5.48. The normalized spacial score (nSPS) is 26.6. The van der Waals surface area contributed by atoms with E-state index in [1.807, 2.05) is 36.0 Å². The number of hydrogen-bond donors (Lipinski definition) is 3. The van der Waals surface area contributed by atoms with E-state index in [2.05, 4.69) is 11.2 Å². The second kappa shape index (κ2) is 7.15. The standard InChI is InChI=1S/C21H20N4O3S/c1-13-8-10-24(11-9-13)19-18(14-2-6-16(7-3-14)25(27)28)17(12-22)20(29)23-21(19,26)15-4-5-15/h2-3,6-11,15,18-19,22,26H,4-5H2,1H3/p+1. The first kappa shape index (κ1) is 19.4. The van der Waals surface area contributed by atoms with E-state index in [0.717, 1.165) is 24.0 Å². The predicted octanol–water partition coefficient (Wildman–Crippen LogP) is 2.72. The molecule has 3 unspecified atom stereocenters. The Balaban J connectivity index is 1.90. The van der Waals surface area contributed by atoms with Gasteiger partial charge in [-0.3, -0.25) is 15.5 Å². The van der Waals surface area contributed by atoms with Crippen molar-refractivity contribution in [3.8, 4) is 0 Å². The molecule has 0 radical (unpaired) electrons. The Morgan fingerprint density at radius 1 is 1.28 bits per heavy atom. The minimum atomic E-state index is -1.29. The van der Waals surface area contributed by atoms with Crippen LogP contribution in [0.15, 0.2) is 54.4 Å². The lowest BCUT2D eigenvalue weighted by Gasteiger charge is -2.43. The molecule has 1 aliphatic carbocycles. The molecule has 1 saturated carbocycles. The fraction of sp³-hybridized carbons (Fsp3) is 0.333. The van der Waals surface area contributed by atoms with Crippen molar-refractivity contribution in [1.82, 2.24) is 5.32 Å². The molecule has 29 heavy (non-hydrogen) atoms. The van der Waals surface area contributed by atoms with Crippen LogP contribution in [0.2, 0.25) is 0 Å². The van der Waals surface area contributed by atoms with Gasteiger partial charge in [-0.15, -0.1) is 0 Å². The Morgan fingerprint density at radius 2 is 1.90 bits per heavy atom. The zero-order valence-corrected chi connectivity index (χ0v) is 16.6. The lowest BCUT2D eigenvalue weighted by atomic mass is 9.75. The number of pyridine rings is 1. The molecule has 0 bridgehead atoms. The summed E-state index contributed by atoms with van der Waals surface area (Å²) in [5.74, 6) is 2.01. The van der Waals surface area contributed by atoms with E-state index in [9.17, 15) is 15.2 Å². The van der Waals surface area contributed by atoms with Gasteiger partial charge in [0.25, 0.3) is 5.69 Å². The first-order valence-electron chi connectivity index (χ1n) is 9.41. The molecule has 4 rings (SSSR count). The summed E-state index contributed by atoms with van der Waals surface area (Å²) in [5.41, 5.74) is 0.987. The summed E-state index contributed by atoms with van der Waals surface area (Å²) in [6.07, 6.45) is 5.57. The Kier molecular flexibility index (Phi) is 4.78. The van der Waals surface area contributed by atoms with E-state index in [4.69, 9.17) is 17.6 Å². The number of aliphatic hydroxyl groups is 1. The zero-order chi connectivity index (χ0) is 20.8. The Labute approximate surface area is 173 Å². The number of hydrogen-bond acceptors (Lipinski definition) is 5. The minimum absolute atomic E-state index is 0.0114. The number of thiocarbonyl (C=S) groups is 1. The highest BCUT2D eigenvalue weighted by molar-refractivity contribution is 7.80. The summed E-state index contributed by atoms with van der Waals surface area (Å²) in [5, 5.41) is 33.7. The number of nitrogens with zero attached hydrogens (tertiary/aromatic N) is 2. The van der Waals surface area contributed by atoms with E-state index in [0.29, 0.717) is 10.6 Å². The van der Waals surface area contributed by atoms with Crippen LogP contribution in [-0.4, -0.2) is 26.6 Å². The molecule has 1 aromatic heterocycles. The number of rotatable bonds is 4. The van der Waals surface area contributed by atoms with Crippen LogP contribution in [0, 0.1) is 28.4 Å². The van der Waals surface area contributed by atoms with Gasteiger partial charge in [0.1, 0.15) is 4.99 Å². The van der Waals surface area contributed by atoms with Crippen LogP contribution in [0.4, 0.5) is 5.69 Å². The van der Waals surface area contributed by atoms with E-state index < -0.39 is 22.6 Å². The number of nitro benzene ring substituents is 1. The lowest BCUT2D eigenvalue weighted by Crippen LogP contribution is -2.68. The highest BCUT2D eigenvalue weighted by atomic mass is 32.1. The zero-order valence-electron chi connectivity index (χ0n) is 15.8. The van der Waals surface area contributed by atoms with Crippen molar-refractivity contribution in [3.05, 3.63) is 75.6 Å². The maximum absolute atomic E-state index is 11.7. The maximum Gasteiger partial charge on any atom is 0.269 e. The molecular weight excluding hydrogens is 388 g/mol. The molecule has 1 aliphatic heterocycles. The molecule has 2 aliphatic rings. The molecule has 1 saturated heterocycles. The van der Waals surface area contributed by atoms with Crippen LogP contribution in [0.5, 0.6) is 0 Å². The minimum Gasteiger partial charge on any atom is -0.365 e. The SMILES string of the molecule is Cc1cc[n+](C2C(c3ccc([N+](=O)[O-])cc3)C(=C=N)C(=S)NC2(O)C2CC2)cc1. The van der Waals surface area contributed by atoms with Gasteiger partial charge >= 0.3 is 0 Å². The molecule has 2 aromatic rings. The van der Waals surface area contributed by atoms with Crippen molar-refractivity contribution in [2.75, 3.05) is 0 Å². The topological polar surface area (TPSA) is 103 Å². The van der Waals surface area contributed by atoms with E-state index in [1.165, 1.54) is 12.1 Å². The molecule has 8 heteroatoms. The van der Waals surface area contributed by atoms with Crippen molar-refractivity contribution in [1.29, 1.82) is 5.41 Å². The fourth-order valence-corrected chi connectivity index (χ4v) is 4.47. The number of aromatic nitrogens is 1. The highest BCUT2D eigenvalue weighted by Gasteiger charge is 2.61. The third-order valence-electron chi connectivity index (χ3n) is 5.77. The number of non-ortho nitro benzene ring substituents is 1. The predicted molar refractivity (Wildman–Crippen MR) is 111 cm³/mol. The van der Waals surface area contributed by atoms with Crippen LogP contribution < -0.4 is 9.88 Å². The van der Waals surface area contributed by atoms with Crippen LogP contribution in [0.1, 0.15) is 35.9 Å². The molecular formula is C21H21N4O3S+. The molecule has 1 aromatic carbocycles. The quantitative estimate of drug-likeness (QED) is 0.180. The molecule has 0 amide bonds. The maximum atomic E-state index is 11.7. The number of aryl methyl sites for hydroxylation is 1. The number of nitrogens with one attached hydrogen (secondary N) is 2. The van der Waals surface area contributed by atoms with Crippen LogP contribution in [-0.2, 0) is 0 Å². The summed E-state index contributed by atoms with van der Waals surface area (Å²) < 4.78 is 1.93. The van der Waals surface area contributed by atoms with Crippen molar-refractivity contribution in [2.45, 2.75) is 37.5 Å². The second-order valence-corrected chi connectivity index (χ2v) is 8.09. The average Bonchev–Trinajstić information content (AvgIpc) is 3.54. The summed E-state index contributed by atoms with van der Waals surface area (Å²) in [6, 6.07) is 9.65. The van der Waals surface area contributed by atoms with Gasteiger partial charge in [-0.1, -0.05) is 24.4 Å². The Bertz CT molecular complexity index is 1030. The molecule has 3 N–H and O–H groups in total. The van der Waals surface area contributed by atoms with Crippen molar-refractivity contribution in [2.24, 2.45) is 5.92 Å². The fourth-order valence-electron chi connectivity index (χ4n) is 4.13. The van der Waals surface area contributed by atoms with Gasteiger partial charge in [-0.25, -0.2) is 0 Å². The van der Waals surface area contributed by atoms with Gasteiger partial charge in [0.15, 0.2) is 12.4 Å². The first-order chi connectivity index (χ1) is 13.8. The van der Waals surface area contributed by atoms with Crippen molar-refractivity contribution < 1.29 is 14.6 Å². The summed E-state index contributed by atoms with van der Waals surface area (Å²) in [4.78, 5) is 10.9. The van der Waals surface area contributed by atoms with Gasteiger partial charge in [0.05, 0.1) is 16.4 Å². The van der Waals surface area contributed by atoms with E-state index in [-0.39, 0.29) is 11.6 Å². The summed E-state index contributed by atoms with van der Waals surface area (Å²) in [6.45, 7) is 1.99. The number of piperidine rings is 1. The van der Waals surface area contributed by atoms with Gasteiger partial charge in [-0.2, -0.15) is 4.57 Å². The molecule has 7 nitrogen and oxygen atoms in total. The Morgan fingerprint density at radius 3 is 2.41 bits per heavy atom. The number of benzene rings is 1. The van der Waals surface area contributed by atoms with Crippen molar-refractivity contribution >= 4 is 28.8 Å². The first-order valence-corrected chi connectivity index (χ1v) is 9.82. The molecule has 3 atom stereocenters. The van der Waals surface area contributed by atoms with E-state index in [1.54, 1.807) is 12.1 Å². The average molecular weight is 409 g/mol. The molecule has 2 fully saturated rings. The van der Waals surface area contributed by atoms with Gasteiger partial charge in [-0.05, 0) is 36.8 Å². The second-order valence-electron chi connectivity index (χ2n) is 7.69. The smallest absolute Gasteiger partial charge is 0.269 e. The van der Waals surface area contributed by atoms with Crippen LogP contribution >= 0.6 is 12.2 Å². The van der Waals surface area contributed by atoms with Crippen LogP contribution in [0.3, 0.4) is 0 Å². The summed E-state index contributed by atoms with van der Waals surface area (Å²) in [7, 11) is 0. The monoisotopic (exact) mass is 409 g/mol. The number of nitro groups is 1. The van der Waals surface area contributed by atoms with Gasteiger partial charge in [0, 0.05) is 30.2 Å². The van der Waals surface area contributed by atoms with Crippen LogP contribution in [0.25, 0.3) is 0 Å². The lowest BCUT2D eigenvalue weighted by molar-refractivity contribution is -0.742.